The van der Waals surface area contributed by atoms with Gasteiger partial charge in [-0.05, 0) is 24.7 Å². The van der Waals surface area contributed by atoms with E-state index in [1.807, 2.05) is 0 Å². The van der Waals surface area contributed by atoms with Crippen molar-refractivity contribution in [2.24, 2.45) is 0 Å². The van der Waals surface area contributed by atoms with E-state index in [0.717, 1.165) is 0 Å². The molecular weight excluding hydrogens is 192 g/mol. The van der Waals surface area contributed by atoms with Gasteiger partial charge < -0.3 is 5.11 Å². The van der Waals surface area contributed by atoms with Gasteiger partial charge in [0.15, 0.2) is 5.03 Å². The van der Waals surface area contributed by atoms with Gasteiger partial charge in [0, 0.05) is 6.20 Å². The van der Waals surface area contributed by atoms with E-state index in [1.165, 1.54) is 19.3 Å². The lowest BCUT2D eigenvalue weighted by atomic mass is 10.3. The number of hydrogen-bond acceptors (Lipinski definition) is 4. The molecule has 0 spiro atoms. The smallest absolute Gasteiger partial charge is 0.257 e. The lowest BCUT2D eigenvalue weighted by molar-refractivity contribution is 0.281. The van der Waals surface area contributed by atoms with Crippen molar-refractivity contribution in [2.45, 2.75) is 11.6 Å². The van der Waals surface area contributed by atoms with E-state index in [4.69, 9.17) is 5.11 Å². The molecule has 2 N–H and O–H groups in total. The summed E-state index contributed by atoms with van der Waals surface area (Å²) in [6.45, 7) is -0.200. The number of rotatable bonds is 3. The maximum Gasteiger partial charge on any atom is 0.257 e. The number of sulfonamides is 1. The van der Waals surface area contributed by atoms with Crippen molar-refractivity contribution < 1.29 is 13.5 Å². The second-order valence-corrected chi connectivity index (χ2v) is 4.20. The highest BCUT2D eigenvalue weighted by Gasteiger charge is 2.12. The molecule has 1 aromatic heterocycles. The molecule has 0 amide bonds. The van der Waals surface area contributed by atoms with Crippen molar-refractivity contribution in [1.29, 1.82) is 0 Å². The fourth-order valence-electron chi connectivity index (χ4n) is 0.800. The molecule has 0 unspecified atom stereocenters. The average Bonchev–Trinajstić information content (AvgIpc) is 2.18. The van der Waals surface area contributed by atoms with Crippen LogP contribution in [0.4, 0.5) is 0 Å². The Morgan fingerprint density at radius 2 is 2.31 bits per heavy atom. The van der Waals surface area contributed by atoms with Crippen molar-refractivity contribution in [3.05, 3.63) is 23.9 Å². The first-order chi connectivity index (χ1) is 6.10. The fraction of sp³-hybridized carbons (Fsp3) is 0.286. The molecule has 72 valence electrons. The molecule has 0 radical (unpaired) electrons. The molecule has 1 heterocycles. The summed E-state index contributed by atoms with van der Waals surface area (Å²) in [6, 6.07) is 2.88. The summed E-state index contributed by atoms with van der Waals surface area (Å²) in [6.07, 6.45) is 1.34. The molecule has 0 aliphatic rings. The number of hydrogen-bond donors (Lipinski definition) is 2. The quantitative estimate of drug-likeness (QED) is 0.691. The molecule has 0 bridgehead atoms. The van der Waals surface area contributed by atoms with Crippen LogP contribution in [-0.4, -0.2) is 25.6 Å². The van der Waals surface area contributed by atoms with E-state index in [-0.39, 0.29) is 11.6 Å². The third-order valence-corrected chi connectivity index (χ3v) is 2.84. The van der Waals surface area contributed by atoms with Crippen LogP contribution in [0.2, 0.25) is 0 Å². The topological polar surface area (TPSA) is 79.3 Å². The summed E-state index contributed by atoms with van der Waals surface area (Å²) in [5.41, 5.74) is 0.517. The summed E-state index contributed by atoms with van der Waals surface area (Å²) in [5.74, 6) is 0. The zero-order valence-corrected chi connectivity index (χ0v) is 7.87. The summed E-state index contributed by atoms with van der Waals surface area (Å²) >= 11 is 0. The van der Waals surface area contributed by atoms with E-state index in [1.54, 1.807) is 6.07 Å². The molecule has 0 aliphatic carbocycles. The Kier molecular flexibility index (Phi) is 2.97. The molecule has 13 heavy (non-hydrogen) atoms. The third-order valence-electron chi connectivity index (χ3n) is 1.53. The molecule has 0 saturated carbocycles. The van der Waals surface area contributed by atoms with E-state index < -0.39 is 10.0 Å². The summed E-state index contributed by atoms with van der Waals surface area (Å²) in [4.78, 5) is 3.67. The van der Waals surface area contributed by atoms with Crippen LogP contribution in [0.3, 0.4) is 0 Å². The maximum atomic E-state index is 11.2. The lowest BCUT2D eigenvalue weighted by Crippen LogP contribution is -2.19. The second-order valence-electron chi connectivity index (χ2n) is 2.37. The van der Waals surface area contributed by atoms with Gasteiger partial charge in [-0.2, -0.15) is 0 Å². The minimum Gasteiger partial charge on any atom is -0.392 e. The molecule has 0 saturated heterocycles. The van der Waals surface area contributed by atoms with E-state index in [0.29, 0.717) is 5.56 Å². The number of nitrogens with one attached hydrogen (secondary N) is 1. The standard InChI is InChI=1S/C7H10N2O3S/c1-8-13(11,12)7-4-6(5-10)2-3-9-7/h2-4,8,10H,5H2,1H3. The Bertz CT molecular complexity index is 388. The highest BCUT2D eigenvalue weighted by atomic mass is 32.2. The van der Waals surface area contributed by atoms with Crippen molar-refractivity contribution >= 4 is 10.0 Å². The monoisotopic (exact) mass is 202 g/mol. The highest BCUT2D eigenvalue weighted by Crippen LogP contribution is 2.06. The van der Waals surface area contributed by atoms with Crippen LogP contribution < -0.4 is 4.72 Å². The fourth-order valence-corrected chi connectivity index (χ4v) is 1.52. The molecular formula is C7H10N2O3S. The van der Waals surface area contributed by atoms with Crippen LogP contribution in [-0.2, 0) is 16.6 Å². The first-order valence-corrected chi connectivity index (χ1v) is 5.08. The molecule has 0 fully saturated rings. The minimum atomic E-state index is -3.50. The van der Waals surface area contributed by atoms with Crippen molar-refractivity contribution in [1.82, 2.24) is 9.71 Å². The molecule has 0 atom stereocenters. The van der Waals surface area contributed by atoms with Crippen LogP contribution >= 0.6 is 0 Å². The zero-order chi connectivity index (χ0) is 9.90. The van der Waals surface area contributed by atoms with Gasteiger partial charge in [-0.25, -0.2) is 18.1 Å². The minimum absolute atomic E-state index is 0.0819. The van der Waals surface area contributed by atoms with Gasteiger partial charge in [0.1, 0.15) is 0 Å². The number of pyridine rings is 1. The molecule has 0 aromatic carbocycles. The first kappa shape index (κ1) is 10.1. The number of aromatic nitrogens is 1. The number of aliphatic hydroxyl groups is 1. The predicted molar refractivity (Wildman–Crippen MR) is 46.4 cm³/mol. The lowest BCUT2D eigenvalue weighted by Gasteiger charge is -2.02. The van der Waals surface area contributed by atoms with Crippen LogP contribution in [0.1, 0.15) is 5.56 Å². The Labute approximate surface area is 76.5 Å². The highest BCUT2D eigenvalue weighted by molar-refractivity contribution is 7.89. The molecule has 1 aromatic rings. The van der Waals surface area contributed by atoms with Gasteiger partial charge in [0.05, 0.1) is 6.61 Å². The van der Waals surface area contributed by atoms with Crippen LogP contribution in [0.15, 0.2) is 23.4 Å². The van der Waals surface area contributed by atoms with Crippen LogP contribution in [0, 0.1) is 0 Å². The van der Waals surface area contributed by atoms with E-state index >= 15 is 0 Å². The SMILES string of the molecule is CNS(=O)(=O)c1cc(CO)ccn1. The largest absolute Gasteiger partial charge is 0.392 e. The van der Waals surface area contributed by atoms with E-state index in [9.17, 15) is 8.42 Å². The third kappa shape index (κ3) is 2.24. The van der Waals surface area contributed by atoms with Crippen molar-refractivity contribution in [2.75, 3.05) is 7.05 Å². The molecule has 5 nitrogen and oxygen atoms in total. The van der Waals surface area contributed by atoms with Gasteiger partial charge in [0.2, 0.25) is 0 Å². The Morgan fingerprint density at radius 1 is 1.62 bits per heavy atom. The maximum absolute atomic E-state index is 11.2. The van der Waals surface area contributed by atoms with E-state index in [2.05, 4.69) is 9.71 Å². The van der Waals surface area contributed by atoms with Gasteiger partial charge in [-0.3, -0.25) is 0 Å². The summed E-state index contributed by atoms with van der Waals surface area (Å²) in [5, 5.41) is 8.68. The predicted octanol–water partition coefficient (Wildman–Crippen LogP) is -0.518. The molecule has 6 heteroatoms. The number of nitrogens with zero attached hydrogens (tertiary/aromatic N) is 1. The zero-order valence-electron chi connectivity index (χ0n) is 7.06. The van der Waals surface area contributed by atoms with Gasteiger partial charge >= 0.3 is 0 Å². The molecule has 1 rings (SSSR count). The Morgan fingerprint density at radius 3 is 2.85 bits per heavy atom. The van der Waals surface area contributed by atoms with Gasteiger partial charge in [-0.1, -0.05) is 0 Å². The van der Waals surface area contributed by atoms with Crippen molar-refractivity contribution in [3.8, 4) is 0 Å². The van der Waals surface area contributed by atoms with Crippen molar-refractivity contribution in [3.63, 3.8) is 0 Å². The summed E-state index contributed by atoms with van der Waals surface area (Å²) < 4.78 is 24.6. The average molecular weight is 202 g/mol. The van der Waals surface area contributed by atoms with Gasteiger partial charge in [-0.15, -0.1) is 0 Å². The molecule has 0 aliphatic heterocycles. The Hall–Kier alpha value is -0.980. The normalized spacial score (nSPS) is 11.5. The van der Waals surface area contributed by atoms with Crippen LogP contribution in [0.5, 0.6) is 0 Å². The first-order valence-electron chi connectivity index (χ1n) is 3.59. The number of aliphatic hydroxyl groups excluding tert-OH is 1. The van der Waals surface area contributed by atoms with Gasteiger partial charge in [0.25, 0.3) is 10.0 Å². The Balaban J connectivity index is 3.17. The van der Waals surface area contributed by atoms with Crippen LogP contribution in [0.25, 0.3) is 0 Å². The summed E-state index contributed by atoms with van der Waals surface area (Å²) in [7, 11) is -2.19. The second kappa shape index (κ2) is 3.82.